The lowest BCUT2D eigenvalue weighted by molar-refractivity contribution is 0.0950. The number of aromatic amines is 1. The highest BCUT2D eigenvalue weighted by Gasteiger charge is 2.28. The Labute approximate surface area is 202 Å². The average Bonchev–Trinajstić information content (AvgIpc) is 3.07. The van der Waals surface area contributed by atoms with Crippen molar-refractivity contribution in [1.82, 2.24) is 20.0 Å². The molecule has 8 heteroatoms. The second-order valence-corrected chi connectivity index (χ2v) is 9.68. The van der Waals surface area contributed by atoms with Crippen molar-refractivity contribution >= 4 is 23.2 Å². The number of nitrogens with one attached hydrogen (secondary N) is 2. The monoisotopic (exact) mass is 475 g/mol. The molecule has 2 N–H and O–H groups in total. The maximum Gasteiger partial charge on any atom is 0.269 e. The predicted molar refractivity (Wildman–Crippen MR) is 136 cm³/mol. The summed E-state index contributed by atoms with van der Waals surface area (Å²) in [7, 11) is 4.31. The van der Waals surface area contributed by atoms with E-state index in [1.165, 1.54) is 12.8 Å². The SMILES string of the molecule is CCn1[nH]c(=O)c(CNC(=O)c2cc(Cl)cc(N(CC)[C@H]3CC[C@H](N(C)C)CC3)c2C)c1C. The highest BCUT2D eigenvalue weighted by atomic mass is 35.5. The van der Waals surface area contributed by atoms with Crippen LogP contribution in [0.3, 0.4) is 0 Å². The van der Waals surface area contributed by atoms with Crippen LogP contribution in [0, 0.1) is 13.8 Å². The number of carbonyl (C=O) groups is 1. The number of aryl methyl sites for hydroxylation is 1. The summed E-state index contributed by atoms with van der Waals surface area (Å²) in [6.07, 6.45) is 4.60. The third kappa shape index (κ3) is 5.46. The lowest BCUT2D eigenvalue weighted by atomic mass is 9.89. The summed E-state index contributed by atoms with van der Waals surface area (Å²) in [5.41, 5.74) is 3.76. The summed E-state index contributed by atoms with van der Waals surface area (Å²) in [5, 5.41) is 6.28. The molecule has 1 amide bonds. The van der Waals surface area contributed by atoms with Crippen molar-refractivity contribution in [2.24, 2.45) is 0 Å². The molecule has 33 heavy (non-hydrogen) atoms. The minimum atomic E-state index is -0.216. The van der Waals surface area contributed by atoms with Gasteiger partial charge in [0.15, 0.2) is 0 Å². The zero-order valence-electron chi connectivity index (χ0n) is 20.8. The van der Waals surface area contributed by atoms with Crippen LogP contribution in [0.4, 0.5) is 5.69 Å². The Morgan fingerprint density at radius 1 is 1.15 bits per heavy atom. The molecule has 1 aromatic carbocycles. The van der Waals surface area contributed by atoms with Gasteiger partial charge >= 0.3 is 0 Å². The summed E-state index contributed by atoms with van der Waals surface area (Å²) in [4.78, 5) is 30.1. The summed E-state index contributed by atoms with van der Waals surface area (Å²) < 4.78 is 1.79. The van der Waals surface area contributed by atoms with Gasteiger partial charge in [0.2, 0.25) is 0 Å². The molecule has 0 aliphatic heterocycles. The molecule has 1 aromatic heterocycles. The van der Waals surface area contributed by atoms with Gasteiger partial charge in [-0.05, 0) is 85.2 Å². The number of hydrogen-bond acceptors (Lipinski definition) is 4. The number of nitrogens with zero attached hydrogens (tertiary/aromatic N) is 3. The molecule has 1 aliphatic rings. The maximum atomic E-state index is 13.1. The molecule has 7 nitrogen and oxygen atoms in total. The van der Waals surface area contributed by atoms with Crippen molar-refractivity contribution in [3.05, 3.63) is 49.9 Å². The minimum Gasteiger partial charge on any atom is -0.369 e. The lowest BCUT2D eigenvalue weighted by Crippen LogP contribution is -2.42. The molecule has 0 unspecified atom stereocenters. The first-order valence-corrected chi connectivity index (χ1v) is 12.3. The third-order valence-electron chi connectivity index (χ3n) is 7.17. The van der Waals surface area contributed by atoms with Crippen molar-refractivity contribution in [3.63, 3.8) is 0 Å². The standard InChI is InChI=1S/C25H38ClN5O2/c1-7-30(20-11-9-19(10-12-20)29(5)6)23-14-18(26)13-21(16(23)3)24(32)27-15-22-17(4)31(8-2)28-25(22)33/h13-14,19-20H,7-12,15H2,1-6H3,(H,27,32)(H,28,33)/t19-,20-. The number of hydrogen-bond donors (Lipinski definition) is 2. The molecule has 1 fully saturated rings. The van der Waals surface area contributed by atoms with Crippen LogP contribution < -0.4 is 15.8 Å². The van der Waals surface area contributed by atoms with Crippen LogP contribution in [0.25, 0.3) is 0 Å². The van der Waals surface area contributed by atoms with Crippen LogP contribution >= 0.6 is 11.6 Å². The van der Waals surface area contributed by atoms with Gasteiger partial charge in [0, 0.05) is 47.1 Å². The minimum absolute atomic E-state index is 0.163. The van der Waals surface area contributed by atoms with Crippen LogP contribution in [-0.4, -0.2) is 53.3 Å². The van der Waals surface area contributed by atoms with Crippen molar-refractivity contribution < 1.29 is 4.79 Å². The molecule has 2 aromatic rings. The molecular weight excluding hydrogens is 438 g/mol. The van der Waals surface area contributed by atoms with Gasteiger partial charge in [0.25, 0.3) is 11.5 Å². The number of halogens is 1. The fourth-order valence-corrected chi connectivity index (χ4v) is 5.31. The Bertz CT molecular complexity index is 1030. The van der Waals surface area contributed by atoms with Gasteiger partial charge in [-0.25, -0.2) is 0 Å². The van der Waals surface area contributed by atoms with E-state index in [-0.39, 0.29) is 18.0 Å². The predicted octanol–water partition coefficient (Wildman–Crippen LogP) is 4.10. The zero-order valence-corrected chi connectivity index (χ0v) is 21.6. The zero-order chi connectivity index (χ0) is 24.3. The smallest absolute Gasteiger partial charge is 0.269 e. The highest BCUT2D eigenvalue weighted by molar-refractivity contribution is 6.31. The Hall–Kier alpha value is -2.25. The van der Waals surface area contributed by atoms with E-state index in [9.17, 15) is 9.59 Å². The van der Waals surface area contributed by atoms with E-state index < -0.39 is 0 Å². The van der Waals surface area contributed by atoms with Crippen molar-refractivity contribution in [3.8, 4) is 0 Å². The van der Waals surface area contributed by atoms with Gasteiger partial charge in [0.1, 0.15) is 0 Å². The van der Waals surface area contributed by atoms with Gasteiger partial charge in [-0.1, -0.05) is 11.6 Å². The number of aromatic nitrogens is 2. The van der Waals surface area contributed by atoms with Crippen molar-refractivity contribution in [2.75, 3.05) is 25.5 Å². The van der Waals surface area contributed by atoms with E-state index in [0.717, 1.165) is 36.3 Å². The third-order valence-corrected chi connectivity index (χ3v) is 7.39. The molecule has 1 heterocycles. The number of H-pyrrole nitrogens is 1. The topological polar surface area (TPSA) is 73.4 Å². The van der Waals surface area contributed by atoms with E-state index in [0.29, 0.717) is 34.8 Å². The van der Waals surface area contributed by atoms with Gasteiger partial charge < -0.3 is 15.1 Å². The molecule has 0 atom stereocenters. The van der Waals surface area contributed by atoms with E-state index in [4.69, 9.17) is 11.6 Å². The van der Waals surface area contributed by atoms with Gasteiger partial charge in [-0.2, -0.15) is 0 Å². The normalized spacial score (nSPS) is 18.5. The van der Waals surface area contributed by atoms with Gasteiger partial charge in [-0.15, -0.1) is 0 Å². The van der Waals surface area contributed by atoms with Gasteiger partial charge in [-0.3, -0.25) is 19.4 Å². The first-order chi connectivity index (χ1) is 15.7. The van der Waals surface area contributed by atoms with E-state index >= 15 is 0 Å². The number of carbonyl (C=O) groups excluding carboxylic acids is 1. The number of benzene rings is 1. The van der Waals surface area contributed by atoms with Crippen LogP contribution in [0.5, 0.6) is 0 Å². The molecule has 0 bridgehead atoms. The summed E-state index contributed by atoms with van der Waals surface area (Å²) in [6, 6.07) is 4.77. The number of anilines is 1. The summed E-state index contributed by atoms with van der Waals surface area (Å²) in [6.45, 7) is 9.71. The summed E-state index contributed by atoms with van der Waals surface area (Å²) in [5.74, 6) is -0.216. The fraction of sp³-hybridized carbons (Fsp3) is 0.600. The highest BCUT2D eigenvalue weighted by Crippen LogP contribution is 2.34. The number of rotatable bonds is 8. The molecule has 182 valence electrons. The maximum absolute atomic E-state index is 13.1. The molecule has 1 aliphatic carbocycles. The largest absolute Gasteiger partial charge is 0.369 e. The Balaban J connectivity index is 1.80. The molecule has 3 rings (SSSR count). The van der Waals surface area contributed by atoms with E-state index in [1.807, 2.05) is 26.8 Å². The Morgan fingerprint density at radius 2 is 1.79 bits per heavy atom. The lowest BCUT2D eigenvalue weighted by Gasteiger charge is -2.40. The van der Waals surface area contributed by atoms with Crippen LogP contribution in [-0.2, 0) is 13.1 Å². The fourth-order valence-electron chi connectivity index (χ4n) is 5.10. The summed E-state index contributed by atoms with van der Waals surface area (Å²) >= 11 is 6.49. The second kappa shape index (κ2) is 10.8. The molecule has 0 saturated heterocycles. The van der Waals surface area contributed by atoms with Crippen LogP contribution in [0.2, 0.25) is 5.02 Å². The van der Waals surface area contributed by atoms with Crippen LogP contribution in [0.15, 0.2) is 16.9 Å². The Kier molecular flexibility index (Phi) is 8.29. The molecule has 0 spiro atoms. The van der Waals surface area contributed by atoms with E-state index in [1.54, 1.807) is 10.7 Å². The van der Waals surface area contributed by atoms with E-state index in [2.05, 4.69) is 41.2 Å². The Morgan fingerprint density at radius 3 is 2.33 bits per heavy atom. The molecule has 1 saturated carbocycles. The van der Waals surface area contributed by atoms with Gasteiger partial charge in [0.05, 0.1) is 12.1 Å². The first-order valence-electron chi connectivity index (χ1n) is 12.0. The molecular formula is C25H38ClN5O2. The second-order valence-electron chi connectivity index (χ2n) is 9.24. The molecule has 0 radical (unpaired) electrons. The van der Waals surface area contributed by atoms with Crippen LogP contribution in [0.1, 0.15) is 66.7 Å². The quantitative estimate of drug-likeness (QED) is 0.603. The van der Waals surface area contributed by atoms with Crippen molar-refractivity contribution in [2.45, 2.75) is 78.6 Å². The average molecular weight is 476 g/mol. The number of amides is 1. The first kappa shape index (κ1) is 25.4. The van der Waals surface area contributed by atoms with Crippen molar-refractivity contribution in [1.29, 1.82) is 0 Å².